The summed E-state index contributed by atoms with van der Waals surface area (Å²) < 4.78 is 5.44. The summed E-state index contributed by atoms with van der Waals surface area (Å²) in [6.45, 7) is 0. The first kappa shape index (κ1) is 13.0. The zero-order valence-electron chi connectivity index (χ0n) is 12.2. The van der Waals surface area contributed by atoms with Gasteiger partial charge < -0.3 is 10.3 Å². The van der Waals surface area contributed by atoms with Crippen LogP contribution in [0, 0.1) is 0 Å². The van der Waals surface area contributed by atoms with Crippen LogP contribution in [0.15, 0.2) is 28.8 Å². The van der Waals surface area contributed by atoms with Gasteiger partial charge in [-0.1, -0.05) is 29.4 Å². The molecule has 4 heteroatoms. The number of fused-ring (bicyclic) bond motifs is 1. The van der Waals surface area contributed by atoms with E-state index in [1.54, 1.807) is 0 Å². The third-order valence-corrected chi connectivity index (χ3v) is 5.05. The molecule has 1 aromatic heterocycles. The molecule has 2 N–H and O–H groups in total. The van der Waals surface area contributed by atoms with Crippen LogP contribution in [0.2, 0.25) is 0 Å². The second-order valence-electron chi connectivity index (χ2n) is 6.65. The lowest BCUT2D eigenvalue weighted by Crippen LogP contribution is -2.48. The van der Waals surface area contributed by atoms with Crippen LogP contribution in [0.4, 0.5) is 0 Å². The summed E-state index contributed by atoms with van der Waals surface area (Å²) >= 11 is 0. The van der Waals surface area contributed by atoms with Gasteiger partial charge in [-0.25, -0.2) is 0 Å². The Balaban J connectivity index is 1.49. The van der Waals surface area contributed by atoms with Crippen molar-refractivity contribution in [1.29, 1.82) is 0 Å². The zero-order valence-corrected chi connectivity index (χ0v) is 12.2. The Labute approximate surface area is 124 Å². The summed E-state index contributed by atoms with van der Waals surface area (Å²) in [5.41, 5.74) is 9.05. The molecule has 21 heavy (non-hydrogen) atoms. The van der Waals surface area contributed by atoms with Crippen molar-refractivity contribution in [2.75, 3.05) is 0 Å². The number of nitrogens with zero attached hydrogens (tertiary/aromatic N) is 2. The van der Waals surface area contributed by atoms with Crippen LogP contribution in [-0.2, 0) is 19.3 Å². The zero-order chi connectivity index (χ0) is 14.3. The molecule has 0 spiro atoms. The lowest BCUT2D eigenvalue weighted by atomic mass is 9.75. The number of benzene rings is 1. The third-order valence-electron chi connectivity index (χ3n) is 5.05. The molecule has 110 valence electrons. The Bertz CT molecular complexity index is 645. The van der Waals surface area contributed by atoms with Gasteiger partial charge in [0.15, 0.2) is 5.82 Å². The largest absolute Gasteiger partial charge is 0.339 e. The average Bonchev–Trinajstić information content (AvgIpc) is 2.93. The standard InChI is InChI=1S/C17H21N3O/c18-17(8-3-9-17)11-15-19-16(20-21-15)14-7-6-12-4-1-2-5-13(12)10-14/h1-2,4-5,14H,3,6-11,18H2. The second kappa shape index (κ2) is 4.95. The number of hydrogen-bond donors (Lipinski definition) is 1. The summed E-state index contributed by atoms with van der Waals surface area (Å²) in [5, 5.41) is 4.21. The summed E-state index contributed by atoms with van der Waals surface area (Å²) in [7, 11) is 0. The minimum absolute atomic E-state index is 0.0943. The van der Waals surface area contributed by atoms with Gasteiger partial charge in [0.2, 0.25) is 5.89 Å². The fourth-order valence-corrected chi connectivity index (χ4v) is 3.53. The lowest BCUT2D eigenvalue weighted by molar-refractivity contribution is 0.221. The van der Waals surface area contributed by atoms with Gasteiger partial charge in [0.25, 0.3) is 0 Å². The Kier molecular flexibility index (Phi) is 3.07. The second-order valence-corrected chi connectivity index (χ2v) is 6.65. The van der Waals surface area contributed by atoms with E-state index in [0.29, 0.717) is 11.8 Å². The van der Waals surface area contributed by atoms with Crippen molar-refractivity contribution in [3.8, 4) is 0 Å². The highest BCUT2D eigenvalue weighted by Crippen LogP contribution is 2.34. The summed E-state index contributed by atoms with van der Waals surface area (Å²) in [6, 6.07) is 8.66. The summed E-state index contributed by atoms with van der Waals surface area (Å²) in [5.74, 6) is 1.96. The molecule has 1 aromatic carbocycles. The SMILES string of the molecule is NC1(Cc2nc(C3CCc4ccccc4C3)no2)CCC1. The number of aryl methyl sites for hydroxylation is 1. The van der Waals surface area contributed by atoms with E-state index in [1.807, 2.05) is 0 Å². The van der Waals surface area contributed by atoms with Gasteiger partial charge in [-0.2, -0.15) is 4.98 Å². The van der Waals surface area contributed by atoms with Gasteiger partial charge in [-0.05, 0) is 49.7 Å². The van der Waals surface area contributed by atoms with Crippen LogP contribution in [-0.4, -0.2) is 15.7 Å². The van der Waals surface area contributed by atoms with Gasteiger partial charge >= 0.3 is 0 Å². The summed E-state index contributed by atoms with van der Waals surface area (Å²) in [6.07, 6.45) is 7.31. The van der Waals surface area contributed by atoms with Crippen LogP contribution in [0.3, 0.4) is 0 Å². The number of hydrogen-bond acceptors (Lipinski definition) is 4. The topological polar surface area (TPSA) is 64.9 Å². The number of aromatic nitrogens is 2. The highest BCUT2D eigenvalue weighted by Gasteiger charge is 2.35. The van der Waals surface area contributed by atoms with Gasteiger partial charge in [-0.15, -0.1) is 0 Å². The number of nitrogens with two attached hydrogens (primary N) is 1. The first-order valence-electron chi connectivity index (χ1n) is 7.90. The van der Waals surface area contributed by atoms with Crippen LogP contribution in [0.25, 0.3) is 0 Å². The first-order valence-corrected chi connectivity index (χ1v) is 7.90. The molecule has 2 aromatic rings. The van der Waals surface area contributed by atoms with Crippen molar-refractivity contribution in [1.82, 2.24) is 10.1 Å². The fraction of sp³-hybridized carbons (Fsp3) is 0.529. The maximum Gasteiger partial charge on any atom is 0.228 e. The molecule has 2 aliphatic rings. The van der Waals surface area contributed by atoms with Gasteiger partial charge in [0, 0.05) is 17.9 Å². The van der Waals surface area contributed by atoms with Crippen molar-refractivity contribution >= 4 is 0 Å². The predicted octanol–water partition coefficient (Wildman–Crippen LogP) is 2.77. The van der Waals surface area contributed by atoms with E-state index < -0.39 is 0 Å². The van der Waals surface area contributed by atoms with E-state index in [1.165, 1.54) is 17.5 Å². The molecular weight excluding hydrogens is 262 g/mol. The fourth-order valence-electron chi connectivity index (χ4n) is 3.53. The van der Waals surface area contributed by atoms with E-state index in [4.69, 9.17) is 10.3 Å². The van der Waals surface area contributed by atoms with E-state index >= 15 is 0 Å². The summed E-state index contributed by atoms with van der Waals surface area (Å²) in [4.78, 5) is 4.62. The van der Waals surface area contributed by atoms with Crippen molar-refractivity contribution < 1.29 is 4.52 Å². The van der Waals surface area contributed by atoms with Crippen LogP contribution < -0.4 is 5.73 Å². The molecule has 0 saturated heterocycles. The quantitative estimate of drug-likeness (QED) is 0.940. The molecule has 0 aliphatic heterocycles. The average molecular weight is 283 g/mol. The molecule has 1 fully saturated rings. The molecule has 0 radical (unpaired) electrons. The molecule has 4 nitrogen and oxygen atoms in total. The predicted molar refractivity (Wildman–Crippen MR) is 80.0 cm³/mol. The Morgan fingerprint density at radius 1 is 1.24 bits per heavy atom. The molecule has 1 heterocycles. The molecule has 4 rings (SSSR count). The van der Waals surface area contributed by atoms with Crippen molar-refractivity contribution in [3.63, 3.8) is 0 Å². The maximum absolute atomic E-state index is 6.26. The molecule has 1 atom stereocenters. The van der Waals surface area contributed by atoms with E-state index in [0.717, 1.165) is 44.3 Å². The van der Waals surface area contributed by atoms with Crippen LogP contribution in [0.5, 0.6) is 0 Å². The molecule has 0 amide bonds. The maximum atomic E-state index is 6.26. The molecule has 2 aliphatic carbocycles. The van der Waals surface area contributed by atoms with Crippen LogP contribution >= 0.6 is 0 Å². The monoisotopic (exact) mass is 283 g/mol. The van der Waals surface area contributed by atoms with Crippen molar-refractivity contribution in [2.45, 2.75) is 56.4 Å². The highest BCUT2D eigenvalue weighted by molar-refractivity contribution is 5.31. The third kappa shape index (κ3) is 2.48. The highest BCUT2D eigenvalue weighted by atomic mass is 16.5. The molecule has 1 saturated carbocycles. The lowest BCUT2D eigenvalue weighted by Gasteiger charge is -2.36. The smallest absolute Gasteiger partial charge is 0.228 e. The Morgan fingerprint density at radius 2 is 2.05 bits per heavy atom. The molecule has 0 bridgehead atoms. The van der Waals surface area contributed by atoms with Crippen molar-refractivity contribution in [2.24, 2.45) is 5.73 Å². The minimum Gasteiger partial charge on any atom is -0.339 e. The van der Waals surface area contributed by atoms with E-state index in [-0.39, 0.29) is 5.54 Å². The van der Waals surface area contributed by atoms with E-state index in [2.05, 4.69) is 34.4 Å². The van der Waals surface area contributed by atoms with Gasteiger partial charge in [0.05, 0.1) is 0 Å². The molecular formula is C17H21N3O. The Hall–Kier alpha value is -1.68. The normalized spacial score (nSPS) is 23.4. The van der Waals surface area contributed by atoms with Gasteiger partial charge in [0.1, 0.15) is 0 Å². The Morgan fingerprint density at radius 3 is 2.81 bits per heavy atom. The van der Waals surface area contributed by atoms with Crippen molar-refractivity contribution in [3.05, 3.63) is 47.1 Å². The van der Waals surface area contributed by atoms with E-state index in [9.17, 15) is 0 Å². The first-order chi connectivity index (χ1) is 10.2. The minimum atomic E-state index is -0.0943. The van der Waals surface area contributed by atoms with Crippen LogP contribution in [0.1, 0.15) is 54.4 Å². The molecule has 1 unspecified atom stereocenters. The number of rotatable bonds is 3. The van der Waals surface area contributed by atoms with Gasteiger partial charge in [-0.3, -0.25) is 0 Å².